The third kappa shape index (κ3) is 3.99. The normalized spacial score (nSPS) is 11.2. The maximum Gasteiger partial charge on any atom is 0.252 e. The summed E-state index contributed by atoms with van der Waals surface area (Å²) in [7, 11) is 0. The van der Waals surface area contributed by atoms with E-state index in [0.29, 0.717) is 29.0 Å². The summed E-state index contributed by atoms with van der Waals surface area (Å²) in [4.78, 5) is 21.9. The third-order valence-corrected chi connectivity index (χ3v) is 5.13. The van der Waals surface area contributed by atoms with E-state index >= 15 is 0 Å². The smallest absolute Gasteiger partial charge is 0.252 e. The van der Waals surface area contributed by atoms with Crippen LogP contribution in [-0.2, 0) is 6.42 Å². The molecule has 3 aromatic heterocycles. The second-order valence-corrected chi connectivity index (χ2v) is 7.62. The highest BCUT2D eigenvalue weighted by atomic mass is 32.1. The number of hydrogen-bond donors (Lipinski definition) is 2. The number of hydrogen-bond acceptors (Lipinski definition) is 5. The lowest BCUT2D eigenvalue weighted by molar-refractivity contribution is 0.0955. The minimum Gasteiger partial charge on any atom is -0.352 e. The van der Waals surface area contributed by atoms with Crippen LogP contribution in [-0.4, -0.2) is 37.2 Å². The fourth-order valence-electron chi connectivity index (χ4n) is 3.45. The monoisotopic (exact) mass is 418 g/mol. The number of carbonyl (C=O) groups excluding carboxylic acids is 1. The van der Waals surface area contributed by atoms with E-state index < -0.39 is 0 Å². The van der Waals surface area contributed by atoms with Crippen LogP contribution < -0.4 is 5.32 Å². The Morgan fingerprint density at radius 2 is 2.07 bits per heavy atom. The number of nitrogens with one attached hydrogen (secondary N) is 2. The molecule has 0 spiro atoms. The Labute approximate surface area is 179 Å². The van der Waals surface area contributed by atoms with E-state index in [4.69, 9.17) is 17.2 Å². The topological polar surface area (TPSA) is 88.5 Å². The first-order chi connectivity index (χ1) is 14.5. The largest absolute Gasteiger partial charge is 0.352 e. The molecule has 0 radical (unpaired) electrons. The molecule has 1 aromatic carbocycles. The van der Waals surface area contributed by atoms with Gasteiger partial charge in [-0.25, -0.2) is 4.98 Å². The van der Waals surface area contributed by atoms with Crippen molar-refractivity contribution in [3.63, 3.8) is 0 Å². The number of carbonyl (C=O) groups is 1. The van der Waals surface area contributed by atoms with Crippen LogP contribution in [0.3, 0.4) is 0 Å². The van der Waals surface area contributed by atoms with E-state index in [1.54, 1.807) is 12.4 Å². The molecule has 8 heteroatoms. The average Bonchev–Trinajstić information content (AvgIpc) is 3.14. The first-order valence-electron chi connectivity index (χ1n) is 9.79. The van der Waals surface area contributed by atoms with Gasteiger partial charge < -0.3 is 9.88 Å². The molecule has 0 unspecified atom stereocenters. The van der Waals surface area contributed by atoms with Crippen molar-refractivity contribution < 1.29 is 4.79 Å². The van der Waals surface area contributed by atoms with Crippen LogP contribution in [0, 0.1) is 4.77 Å². The van der Waals surface area contributed by atoms with Gasteiger partial charge in [0.05, 0.1) is 16.8 Å². The van der Waals surface area contributed by atoms with Crippen molar-refractivity contribution in [1.29, 1.82) is 0 Å². The van der Waals surface area contributed by atoms with Gasteiger partial charge >= 0.3 is 0 Å². The summed E-state index contributed by atoms with van der Waals surface area (Å²) in [5.41, 5.74) is 2.93. The summed E-state index contributed by atoms with van der Waals surface area (Å²) in [6, 6.07) is 13.4. The number of aromatic amines is 1. The van der Waals surface area contributed by atoms with Gasteiger partial charge in [0, 0.05) is 42.4 Å². The van der Waals surface area contributed by atoms with Gasteiger partial charge in [-0.15, -0.1) is 0 Å². The Bertz CT molecular complexity index is 1250. The summed E-state index contributed by atoms with van der Waals surface area (Å²) in [6.07, 6.45) is 4.04. The van der Waals surface area contributed by atoms with Gasteiger partial charge in [0.25, 0.3) is 5.91 Å². The molecule has 4 rings (SSSR count). The van der Waals surface area contributed by atoms with Crippen LogP contribution >= 0.6 is 12.2 Å². The van der Waals surface area contributed by atoms with Crippen LogP contribution in [0.15, 0.2) is 54.9 Å². The molecular formula is C22H22N6OS. The predicted molar refractivity (Wildman–Crippen MR) is 119 cm³/mol. The molecular weight excluding hydrogens is 396 g/mol. The fraction of sp³-hybridized carbons (Fsp3) is 0.227. The van der Waals surface area contributed by atoms with Gasteiger partial charge in [0.1, 0.15) is 5.82 Å². The zero-order valence-electron chi connectivity index (χ0n) is 16.8. The van der Waals surface area contributed by atoms with E-state index in [9.17, 15) is 4.79 Å². The van der Waals surface area contributed by atoms with Crippen molar-refractivity contribution in [1.82, 2.24) is 30.0 Å². The van der Waals surface area contributed by atoms with E-state index in [-0.39, 0.29) is 11.9 Å². The molecule has 2 N–H and O–H groups in total. The lowest BCUT2D eigenvalue weighted by Crippen LogP contribution is -2.27. The van der Waals surface area contributed by atoms with Crippen molar-refractivity contribution in [3.8, 4) is 11.3 Å². The van der Waals surface area contributed by atoms with Crippen LogP contribution in [0.1, 0.15) is 36.1 Å². The molecule has 0 bridgehead atoms. The van der Waals surface area contributed by atoms with Gasteiger partial charge in [-0.05, 0) is 50.3 Å². The SMILES string of the molecule is CC(C)n1c(CCNC(=O)c2cc(-c3cccnc3)nc3ccccc23)n[nH]c1=S. The van der Waals surface area contributed by atoms with Crippen LogP contribution in [0.2, 0.25) is 0 Å². The fourth-order valence-corrected chi connectivity index (χ4v) is 3.82. The molecule has 3 heterocycles. The van der Waals surface area contributed by atoms with Crippen molar-refractivity contribution >= 4 is 29.0 Å². The van der Waals surface area contributed by atoms with E-state index in [1.807, 2.05) is 47.0 Å². The number of rotatable bonds is 6. The zero-order chi connectivity index (χ0) is 21.1. The highest BCUT2D eigenvalue weighted by molar-refractivity contribution is 7.71. The minimum atomic E-state index is -0.149. The Morgan fingerprint density at radius 3 is 2.83 bits per heavy atom. The standard InChI is InChI=1S/C22H22N6OS/c1-14(2)28-20(26-27-22(28)30)9-11-24-21(29)17-12-19(15-6-5-10-23-13-15)25-18-8-4-3-7-16(17)18/h3-8,10,12-14H,9,11H2,1-2H3,(H,24,29)(H,27,30). The van der Waals surface area contributed by atoms with Gasteiger partial charge in [0.15, 0.2) is 4.77 Å². The summed E-state index contributed by atoms with van der Waals surface area (Å²) in [6.45, 7) is 4.55. The first-order valence-corrected chi connectivity index (χ1v) is 10.2. The third-order valence-electron chi connectivity index (χ3n) is 4.85. The van der Waals surface area contributed by atoms with Crippen molar-refractivity contribution in [3.05, 3.63) is 71.0 Å². The van der Waals surface area contributed by atoms with Crippen LogP contribution in [0.4, 0.5) is 0 Å². The predicted octanol–water partition coefficient (Wildman–Crippen LogP) is 4.10. The number of nitrogens with zero attached hydrogens (tertiary/aromatic N) is 4. The molecule has 4 aromatic rings. The Balaban J connectivity index is 1.59. The number of amides is 1. The van der Waals surface area contributed by atoms with Crippen molar-refractivity contribution in [2.24, 2.45) is 0 Å². The highest BCUT2D eigenvalue weighted by Gasteiger charge is 2.15. The van der Waals surface area contributed by atoms with Gasteiger partial charge in [-0.1, -0.05) is 18.2 Å². The Kier molecular flexibility index (Phi) is 5.67. The zero-order valence-corrected chi connectivity index (χ0v) is 17.6. The molecule has 0 aliphatic carbocycles. The minimum absolute atomic E-state index is 0.149. The van der Waals surface area contributed by atoms with Crippen molar-refractivity contribution in [2.75, 3.05) is 6.54 Å². The van der Waals surface area contributed by atoms with Crippen LogP contribution in [0.5, 0.6) is 0 Å². The maximum absolute atomic E-state index is 13.0. The Morgan fingerprint density at radius 1 is 1.23 bits per heavy atom. The summed E-state index contributed by atoms with van der Waals surface area (Å²) >= 11 is 5.29. The molecule has 0 atom stereocenters. The molecule has 1 amide bonds. The lowest BCUT2D eigenvalue weighted by Gasteiger charge is -2.12. The number of pyridine rings is 2. The maximum atomic E-state index is 13.0. The van der Waals surface area contributed by atoms with Gasteiger partial charge in [0.2, 0.25) is 0 Å². The molecule has 0 saturated heterocycles. The van der Waals surface area contributed by atoms with Crippen LogP contribution in [0.25, 0.3) is 22.2 Å². The number of para-hydroxylation sites is 1. The quantitative estimate of drug-likeness (QED) is 0.460. The molecule has 0 aliphatic heterocycles. The lowest BCUT2D eigenvalue weighted by atomic mass is 10.0. The average molecular weight is 419 g/mol. The van der Waals surface area contributed by atoms with E-state index in [0.717, 1.165) is 22.3 Å². The number of aromatic nitrogens is 5. The first kappa shape index (κ1) is 19.9. The Hall–Kier alpha value is -3.39. The van der Waals surface area contributed by atoms with Crippen molar-refractivity contribution in [2.45, 2.75) is 26.3 Å². The summed E-state index contributed by atoms with van der Waals surface area (Å²) < 4.78 is 2.55. The second-order valence-electron chi connectivity index (χ2n) is 7.23. The second kappa shape index (κ2) is 8.54. The number of benzene rings is 1. The molecule has 7 nitrogen and oxygen atoms in total. The molecule has 0 aliphatic rings. The highest BCUT2D eigenvalue weighted by Crippen LogP contribution is 2.24. The molecule has 0 saturated carbocycles. The van der Waals surface area contributed by atoms with E-state index in [2.05, 4.69) is 34.3 Å². The molecule has 152 valence electrons. The number of H-pyrrole nitrogens is 1. The van der Waals surface area contributed by atoms with Gasteiger partial charge in [-0.2, -0.15) is 5.10 Å². The van der Waals surface area contributed by atoms with Gasteiger partial charge in [-0.3, -0.25) is 14.9 Å². The number of fused-ring (bicyclic) bond motifs is 1. The molecule has 0 fully saturated rings. The summed E-state index contributed by atoms with van der Waals surface area (Å²) in [5.74, 6) is 0.676. The van der Waals surface area contributed by atoms with E-state index in [1.165, 1.54) is 0 Å². The molecule has 30 heavy (non-hydrogen) atoms. The summed E-state index contributed by atoms with van der Waals surface area (Å²) in [5, 5.41) is 10.9.